The van der Waals surface area contributed by atoms with E-state index in [1.807, 2.05) is 7.05 Å². The average Bonchev–Trinajstić information content (AvgIpc) is 2.43. The van der Waals surface area contributed by atoms with E-state index in [1.165, 1.54) is 11.1 Å². The number of nitrogens with one attached hydrogen (secondary N) is 1. The lowest BCUT2D eigenvalue weighted by atomic mass is 9.92. The van der Waals surface area contributed by atoms with E-state index in [-0.39, 0.29) is 6.04 Å². The van der Waals surface area contributed by atoms with Gasteiger partial charge < -0.3 is 16.2 Å². The molecule has 0 aliphatic carbocycles. The van der Waals surface area contributed by atoms with E-state index in [0.717, 1.165) is 31.4 Å². The van der Waals surface area contributed by atoms with E-state index in [9.17, 15) is 5.11 Å². The Morgan fingerprint density at radius 1 is 1.28 bits per heavy atom. The topological polar surface area (TPSA) is 58.3 Å². The molecule has 18 heavy (non-hydrogen) atoms. The molecule has 0 aliphatic heterocycles. The summed E-state index contributed by atoms with van der Waals surface area (Å²) in [6.45, 7) is 5.06. The van der Waals surface area contributed by atoms with Gasteiger partial charge in [-0.15, -0.1) is 0 Å². The van der Waals surface area contributed by atoms with Crippen LogP contribution < -0.4 is 11.1 Å². The second-order valence-electron chi connectivity index (χ2n) is 4.74. The van der Waals surface area contributed by atoms with E-state index in [2.05, 4.69) is 37.4 Å². The average molecular weight is 250 g/mol. The number of aliphatic hydroxyl groups is 1. The number of aryl methyl sites for hydroxylation is 2. The fraction of sp³-hybridized carbons (Fsp3) is 0.600. The SMILES string of the molecule is CCc1ccc(CC)c(C(O)C(N)CCNC)c1. The zero-order valence-corrected chi connectivity index (χ0v) is 11.7. The highest BCUT2D eigenvalue weighted by molar-refractivity contribution is 5.34. The Morgan fingerprint density at radius 2 is 2.00 bits per heavy atom. The minimum absolute atomic E-state index is 0.213. The maximum atomic E-state index is 10.4. The van der Waals surface area contributed by atoms with Crippen molar-refractivity contribution in [2.24, 2.45) is 5.73 Å². The second kappa shape index (κ2) is 7.52. The number of hydrogen-bond donors (Lipinski definition) is 3. The third kappa shape index (κ3) is 3.80. The zero-order chi connectivity index (χ0) is 13.5. The molecule has 3 nitrogen and oxygen atoms in total. The summed E-state index contributed by atoms with van der Waals surface area (Å²) >= 11 is 0. The van der Waals surface area contributed by atoms with Gasteiger partial charge >= 0.3 is 0 Å². The highest BCUT2D eigenvalue weighted by atomic mass is 16.3. The first kappa shape index (κ1) is 15.2. The van der Waals surface area contributed by atoms with Crippen LogP contribution in [0.25, 0.3) is 0 Å². The lowest BCUT2D eigenvalue weighted by Crippen LogP contribution is -2.32. The van der Waals surface area contributed by atoms with E-state index in [1.54, 1.807) is 0 Å². The minimum Gasteiger partial charge on any atom is -0.387 e. The first-order valence-corrected chi connectivity index (χ1v) is 6.83. The van der Waals surface area contributed by atoms with Gasteiger partial charge in [0.15, 0.2) is 0 Å². The van der Waals surface area contributed by atoms with Crippen LogP contribution in [0, 0.1) is 0 Å². The molecule has 1 rings (SSSR count). The van der Waals surface area contributed by atoms with Gasteiger partial charge in [0, 0.05) is 6.04 Å². The van der Waals surface area contributed by atoms with Crippen LogP contribution in [0.15, 0.2) is 18.2 Å². The summed E-state index contributed by atoms with van der Waals surface area (Å²) in [5.74, 6) is 0. The highest BCUT2D eigenvalue weighted by Gasteiger charge is 2.19. The van der Waals surface area contributed by atoms with Gasteiger partial charge in [-0.05, 0) is 49.5 Å². The summed E-state index contributed by atoms with van der Waals surface area (Å²) in [6.07, 6.45) is 2.11. The summed E-state index contributed by atoms with van der Waals surface area (Å²) in [6, 6.07) is 6.13. The summed E-state index contributed by atoms with van der Waals surface area (Å²) in [7, 11) is 1.90. The molecule has 2 unspecified atom stereocenters. The van der Waals surface area contributed by atoms with Gasteiger partial charge in [0.25, 0.3) is 0 Å². The van der Waals surface area contributed by atoms with Crippen molar-refractivity contribution in [1.82, 2.24) is 5.32 Å². The van der Waals surface area contributed by atoms with Crippen molar-refractivity contribution in [3.05, 3.63) is 34.9 Å². The van der Waals surface area contributed by atoms with Gasteiger partial charge in [-0.3, -0.25) is 0 Å². The molecule has 3 heteroatoms. The van der Waals surface area contributed by atoms with Crippen LogP contribution in [-0.4, -0.2) is 24.7 Å². The number of benzene rings is 1. The summed E-state index contributed by atoms with van der Waals surface area (Å²) in [4.78, 5) is 0. The fourth-order valence-electron chi connectivity index (χ4n) is 2.16. The third-order valence-corrected chi connectivity index (χ3v) is 3.45. The normalized spacial score (nSPS) is 14.5. The van der Waals surface area contributed by atoms with Crippen molar-refractivity contribution >= 4 is 0 Å². The summed E-state index contributed by atoms with van der Waals surface area (Å²) in [5.41, 5.74) is 9.51. The van der Waals surface area contributed by atoms with Crippen molar-refractivity contribution in [1.29, 1.82) is 0 Å². The highest BCUT2D eigenvalue weighted by Crippen LogP contribution is 2.24. The van der Waals surface area contributed by atoms with Gasteiger partial charge in [0.05, 0.1) is 6.10 Å². The van der Waals surface area contributed by atoms with Gasteiger partial charge in [-0.25, -0.2) is 0 Å². The molecule has 0 aliphatic rings. The Labute approximate surface area is 110 Å². The lowest BCUT2D eigenvalue weighted by Gasteiger charge is -2.22. The van der Waals surface area contributed by atoms with E-state index < -0.39 is 6.10 Å². The van der Waals surface area contributed by atoms with Crippen LogP contribution in [-0.2, 0) is 12.8 Å². The van der Waals surface area contributed by atoms with E-state index >= 15 is 0 Å². The van der Waals surface area contributed by atoms with Crippen molar-refractivity contribution in [3.63, 3.8) is 0 Å². The molecule has 0 spiro atoms. The maximum Gasteiger partial charge on any atom is 0.0944 e. The third-order valence-electron chi connectivity index (χ3n) is 3.45. The van der Waals surface area contributed by atoms with Crippen LogP contribution >= 0.6 is 0 Å². The zero-order valence-electron chi connectivity index (χ0n) is 11.7. The van der Waals surface area contributed by atoms with Crippen molar-refractivity contribution < 1.29 is 5.11 Å². The Balaban J connectivity index is 2.91. The summed E-state index contributed by atoms with van der Waals surface area (Å²) < 4.78 is 0. The fourth-order valence-corrected chi connectivity index (χ4v) is 2.16. The van der Waals surface area contributed by atoms with E-state index in [0.29, 0.717) is 0 Å². The van der Waals surface area contributed by atoms with Crippen LogP contribution in [0.1, 0.15) is 43.1 Å². The molecular formula is C15H26N2O. The maximum absolute atomic E-state index is 10.4. The Hall–Kier alpha value is -0.900. The first-order valence-electron chi connectivity index (χ1n) is 6.83. The monoisotopic (exact) mass is 250 g/mol. The van der Waals surface area contributed by atoms with Crippen LogP contribution in [0.2, 0.25) is 0 Å². The van der Waals surface area contributed by atoms with Crippen molar-refractivity contribution in [2.75, 3.05) is 13.6 Å². The quantitative estimate of drug-likeness (QED) is 0.691. The van der Waals surface area contributed by atoms with Gasteiger partial charge in [-0.1, -0.05) is 32.0 Å². The van der Waals surface area contributed by atoms with E-state index in [4.69, 9.17) is 5.73 Å². The Morgan fingerprint density at radius 3 is 2.56 bits per heavy atom. The van der Waals surface area contributed by atoms with Gasteiger partial charge in [-0.2, -0.15) is 0 Å². The standard InChI is InChI=1S/C15H26N2O/c1-4-11-6-7-12(5-2)13(10-11)15(18)14(16)8-9-17-3/h6-7,10,14-15,17-18H,4-5,8-9,16H2,1-3H3. The molecule has 0 fully saturated rings. The smallest absolute Gasteiger partial charge is 0.0944 e. The molecule has 1 aromatic carbocycles. The largest absolute Gasteiger partial charge is 0.387 e. The molecule has 0 radical (unpaired) electrons. The molecule has 0 heterocycles. The second-order valence-corrected chi connectivity index (χ2v) is 4.74. The predicted octanol–water partition coefficient (Wildman–Crippen LogP) is 1.78. The van der Waals surface area contributed by atoms with Crippen LogP contribution in [0.3, 0.4) is 0 Å². The molecule has 0 amide bonds. The molecule has 1 aromatic rings. The number of hydrogen-bond acceptors (Lipinski definition) is 3. The van der Waals surface area contributed by atoms with Crippen LogP contribution in [0.4, 0.5) is 0 Å². The molecule has 2 atom stereocenters. The molecule has 0 saturated heterocycles. The molecule has 0 saturated carbocycles. The van der Waals surface area contributed by atoms with Crippen molar-refractivity contribution in [2.45, 2.75) is 45.3 Å². The molecular weight excluding hydrogens is 224 g/mol. The predicted molar refractivity (Wildman–Crippen MR) is 76.7 cm³/mol. The Bertz CT molecular complexity index is 366. The molecule has 4 N–H and O–H groups in total. The minimum atomic E-state index is -0.570. The van der Waals surface area contributed by atoms with Crippen molar-refractivity contribution in [3.8, 4) is 0 Å². The first-order chi connectivity index (χ1) is 8.63. The number of rotatable bonds is 7. The van der Waals surface area contributed by atoms with Gasteiger partial charge in [0.2, 0.25) is 0 Å². The number of nitrogens with two attached hydrogens (primary N) is 1. The molecule has 102 valence electrons. The number of aliphatic hydroxyl groups excluding tert-OH is 1. The molecule has 0 aromatic heterocycles. The Kier molecular flexibility index (Phi) is 6.33. The van der Waals surface area contributed by atoms with Gasteiger partial charge in [0.1, 0.15) is 0 Å². The summed E-state index contributed by atoms with van der Waals surface area (Å²) in [5, 5.41) is 13.5. The lowest BCUT2D eigenvalue weighted by molar-refractivity contribution is 0.141. The van der Waals surface area contributed by atoms with Crippen LogP contribution in [0.5, 0.6) is 0 Å². The molecule has 0 bridgehead atoms.